The first-order chi connectivity index (χ1) is 14.0. The number of nitrogens with zero attached hydrogens (tertiary/aromatic N) is 4. The van der Waals surface area contributed by atoms with Crippen LogP contribution >= 0.6 is 0 Å². The minimum atomic E-state index is -0.112. The average Bonchev–Trinajstić information content (AvgIpc) is 3.37. The highest BCUT2D eigenvalue weighted by Crippen LogP contribution is 2.34. The fraction of sp³-hybridized carbons (Fsp3) is 0.429. The van der Waals surface area contributed by atoms with Gasteiger partial charge in [-0.05, 0) is 39.7 Å². The number of hydrogen-bond donors (Lipinski definition) is 0. The Hall–Kier alpha value is -3.16. The maximum atomic E-state index is 12.7. The van der Waals surface area contributed by atoms with Crippen molar-refractivity contribution in [3.8, 4) is 17.3 Å². The van der Waals surface area contributed by atoms with Gasteiger partial charge in [0.15, 0.2) is 11.5 Å². The Balaban J connectivity index is 1.48. The van der Waals surface area contributed by atoms with E-state index in [9.17, 15) is 4.79 Å². The molecule has 1 fully saturated rings. The predicted octanol–water partition coefficient (Wildman–Crippen LogP) is 3.76. The van der Waals surface area contributed by atoms with E-state index in [0.717, 1.165) is 35.6 Å². The highest BCUT2D eigenvalue weighted by Gasteiger charge is 2.29. The van der Waals surface area contributed by atoms with E-state index in [1.807, 2.05) is 31.7 Å². The Morgan fingerprint density at radius 1 is 1.28 bits per heavy atom. The van der Waals surface area contributed by atoms with Gasteiger partial charge in [0.1, 0.15) is 5.82 Å². The van der Waals surface area contributed by atoms with Crippen molar-refractivity contribution in [2.45, 2.75) is 39.5 Å². The fourth-order valence-corrected chi connectivity index (χ4v) is 3.65. The summed E-state index contributed by atoms with van der Waals surface area (Å²) in [5.74, 6) is 2.18. The number of furan rings is 1. The van der Waals surface area contributed by atoms with Gasteiger partial charge in [0.25, 0.3) is 11.9 Å². The molecular weight excluding hydrogens is 372 g/mol. The highest BCUT2D eigenvalue weighted by molar-refractivity contribution is 5.91. The molecule has 0 unspecified atom stereocenters. The van der Waals surface area contributed by atoms with Crippen LogP contribution in [-0.2, 0) is 0 Å². The maximum absolute atomic E-state index is 12.7. The van der Waals surface area contributed by atoms with Crippen LogP contribution in [0.3, 0.4) is 0 Å². The van der Waals surface area contributed by atoms with Crippen LogP contribution in [0.2, 0.25) is 0 Å². The Morgan fingerprint density at radius 3 is 2.76 bits per heavy atom. The van der Waals surface area contributed by atoms with Crippen LogP contribution in [0, 0.1) is 13.8 Å². The molecule has 0 aromatic carbocycles. The van der Waals surface area contributed by atoms with E-state index in [4.69, 9.17) is 18.7 Å². The van der Waals surface area contributed by atoms with Crippen LogP contribution in [0.4, 0.5) is 0 Å². The van der Waals surface area contributed by atoms with Crippen molar-refractivity contribution in [1.82, 2.24) is 20.0 Å². The second kappa shape index (κ2) is 8.06. The summed E-state index contributed by atoms with van der Waals surface area (Å²) in [4.78, 5) is 23.6. The summed E-state index contributed by atoms with van der Waals surface area (Å²) >= 11 is 0. The van der Waals surface area contributed by atoms with Gasteiger partial charge in [0.05, 0.1) is 23.6 Å². The molecule has 1 aliphatic heterocycles. The first-order valence-corrected chi connectivity index (χ1v) is 9.84. The molecule has 0 N–H and O–H groups in total. The van der Waals surface area contributed by atoms with Gasteiger partial charge < -0.3 is 18.6 Å². The molecule has 0 spiro atoms. The van der Waals surface area contributed by atoms with Crippen LogP contribution < -0.4 is 4.74 Å². The zero-order chi connectivity index (χ0) is 20.4. The molecule has 3 aromatic heterocycles. The first-order valence-electron chi connectivity index (χ1n) is 9.84. The lowest BCUT2D eigenvalue weighted by atomic mass is 9.90. The van der Waals surface area contributed by atoms with Gasteiger partial charge in [-0.3, -0.25) is 4.79 Å². The molecule has 8 heteroatoms. The van der Waals surface area contributed by atoms with Crippen molar-refractivity contribution in [2.24, 2.45) is 0 Å². The molecule has 0 radical (unpaired) electrons. The van der Waals surface area contributed by atoms with Crippen molar-refractivity contribution >= 4 is 5.91 Å². The summed E-state index contributed by atoms with van der Waals surface area (Å²) < 4.78 is 16.2. The van der Waals surface area contributed by atoms with E-state index in [1.54, 1.807) is 18.3 Å². The molecule has 4 rings (SSSR count). The second-order valence-corrected chi connectivity index (χ2v) is 7.17. The van der Waals surface area contributed by atoms with Gasteiger partial charge in [-0.2, -0.15) is 0 Å². The smallest absolute Gasteiger partial charge is 0.289 e. The van der Waals surface area contributed by atoms with Crippen LogP contribution in [0.1, 0.15) is 53.5 Å². The predicted molar refractivity (Wildman–Crippen MR) is 105 cm³/mol. The summed E-state index contributed by atoms with van der Waals surface area (Å²) in [5, 5.41) is 3.98. The Kier molecular flexibility index (Phi) is 5.33. The van der Waals surface area contributed by atoms with Gasteiger partial charge in [0.2, 0.25) is 0 Å². The number of hydrogen-bond acceptors (Lipinski definition) is 7. The third-order valence-electron chi connectivity index (χ3n) is 5.08. The SMILES string of the molecule is CCOc1ccc(C(=O)N2CCC(c3nc(C)ncc3-c3cc(C)no3)CC2)o1. The normalized spacial score (nSPS) is 14.9. The number of aryl methyl sites for hydroxylation is 2. The average molecular weight is 396 g/mol. The van der Waals surface area contributed by atoms with Crippen molar-refractivity contribution in [3.63, 3.8) is 0 Å². The number of carbonyl (C=O) groups excluding carboxylic acids is 1. The van der Waals surface area contributed by atoms with E-state index in [1.165, 1.54) is 0 Å². The van der Waals surface area contributed by atoms with E-state index < -0.39 is 0 Å². The first kappa shape index (κ1) is 19.2. The lowest BCUT2D eigenvalue weighted by Gasteiger charge is -2.31. The van der Waals surface area contributed by atoms with E-state index in [0.29, 0.717) is 37.2 Å². The lowest BCUT2D eigenvalue weighted by molar-refractivity contribution is 0.0672. The molecule has 1 aliphatic rings. The van der Waals surface area contributed by atoms with Gasteiger partial charge in [-0.1, -0.05) is 5.16 Å². The minimum Gasteiger partial charge on any atom is -0.465 e. The number of ether oxygens (including phenoxy) is 1. The summed E-state index contributed by atoms with van der Waals surface area (Å²) in [6, 6.07) is 5.24. The zero-order valence-electron chi connectivity index (χ0n) is 16.8. The molecule has 4 heterocycles. The minimum absolute atomic E-state index is 0.112. The van der Waals surface area contributed by atoms with Gasteiger partial charge in [-0.15, -0.1) is 0 Å². The van der Waals surface area contributed by atoms with Gasteiger partial charge in [-0.25, -0.2) is 9.97 Å². The fourth-order valence-electron chi connectivity index (χ4n) is 3.65. The number of piperidine rings is 1. The maximum Gasteiger partial charge on any atom is 0.289 e. The molecule has 1 amide bonds. The third kappa shape index (κ3) is 4.01. The van der Waals surface area contributed by atoms with Crippen molar-refractivity contribution in [2.75, 3.05) is 19.7 Å². The molecule has 3 aromatic rings. The Labute approximate surface area is 168 Å². The second-order valence-electron chi connectivity index (χ2n) is 7.17. The molecule has 8 nitrogen and oxygen atoms in total. The van der Waals surface area contributed by atoms with E-state index >= 15 is 0 Å². The highest BCUT2D eigenvalue weighted by atomic mass is 16.6. The zero-order valence-corrected chi connectivity index (χ0v) is 16.8. The summed E-state index contributed by atoms with van der Waals surface area (Å²) in [6.07, 6.45) is 3.41. The summed E-state index contributed by atoms with van der Waals surface area (Å²) in [5.41, 5.74) is 2.64. The summed E-state index contributed by atoms with van der Waals surface area (Å²) in [7, 11) is 0. The van der Waals surface area contributed by atoms with Crippen molar-refractivity contribution in [3.05, 3.63) is 47.4 Å². The van der Waals surface area contributed by atoms with Crippen LogP contribution in [-0.4, -0.2) is 45.6 Å². The van der Waals surface area contributed by atoms with Gasteiger partial charge >= 0.3 is 0 Å². The van der Waals surface area contributed by atoms with E-state index in [2.05, 4.69) is 10.1 Å². The number of amides is 1. The molecule has 0 aliphatic carbocycles. The molecule has 29 heavy (non-hydrogen) atoms. The van der Waals surface area contributed by atoms with Crippen LogP contribution in [0.25, 0.3) is 11.3 Å². The molecule has 0 saturated carbocycles. The standard InChI is InChI=1S/C21H24N4O4/c1-4-27-19-6-5-17(28-19)21(26)25-9-7-15(8-10-25)20-16(12-22-14(3)23-20)18-11-13(2)24-29-18/h5-6,11-12,15H,4,7-10H2,1-3H3. The van der Waals surface area contributed by atoms with Gasteiger partial charge in [0, 0.05) is 37.3 Å². The number of aromatic nitrogens is 3. The third-order valence-corrected chi connectivity index (χ3v) is 5.08. The summed E-state index contributed by atoms with van der Waals surface area (Å²) in [6.45, 7) is 7.40. The topological polar surface area (TPSA) is 94.5 Å². The molecule has 0 bridgehead atoms. The molecule has 1 saturated heterocycles. The largest absolute Gasteiger partial charge is 0.465 e. The molecule has 0 atom stereocenters. The van der Waals surface area contributed by atoms with Crippen LogP contribution in [0.5, 0.6) is 5.95 Å². The lowest BCUT2D eigenvalue weighted by Crippen LogP contribution is -2.38. The number of carbonyl (C=O) groups is 1. The monoisotopic (exact) mass is 396 g/mol. The Morgan fingerprint density at radius 2 is 2.07 bits per heavy atom. The van der Waals surface area contributed by atoms with E-state index in [-0.39, 0.29) is 11.8 Å². The molecular formula is C21H24N4O4. The Bertz CT molecular complexity index is 1000. The molecule has 152 valence electrons. The van der Waals surface area contributed by atoms with Crippen molar-refractivity contribution in [1.29, 1.82) is 0 Å². The number of rotatable bonds is 5. The van der Waals surface area contributed by atoms with Crippen LogP contribution in [0.15, 0.2) is 33.3 Å². The quantitative estimate of drug-likeness (QED) is 0.648. The van der Waals surface area contributed by atoms with Crippen molar-refractivity contribution < 1.29 is 18.5 Å². The number of likely N-dealkylation sites (tertiary alicyclic amines) is 1.